The fourth-order valence-electron chi connectivity index (χ4n) is 2.05. The molecule has 1 atom stereocenters. The monoisotopic (exact) mass is 305 g/mol. The van der Waals surface area contributed by atoms with Crippen LogP contribution >= 0.6 is 0 Å². The highest BCUT2D eigenvalue weighted by molar-refractivity contribution is 5.83. The van der Waals surface area contributed by atoms with E-state index in [0.717, 1.165) is 19.3 Å². The number of aliphatic hydroxyl groups is 1. The molecule has 0 aliphatic rings. The number of carbonyl (C=O) groups is 2. The number of rotatable bonds is 13. The van der Waals surface area contributed by atoms with Gasteiger partial charge in [0.1, 0.15) is 6.04 Å². The largest absolute Gasteiger partial charge is 0.480 e. The van der Waals surface area contributed by atoms with Gasteiger partial charge in [0.2, 0.25) is 5.91 Å². The molecule has 0 rings (SSSR count). The molecule has 21 heavy (non-hydrogen) atoms. The summed E-state index contributed by atoms with van der Waals surface area (Å²) >= 11 is 0. The fraction of sp³-hybridized carbons (Fsp3) is 0.867. The first-order valence-electron chi connectivity index (χ1n) is 7.74. The Bertz CT molecular complexity index is 271. The van der Waals surface area contributed by atoms with E-state index < -0.39 is 18.6 Å². The standard InChI is InChI=1S/C15H29NO4.H2O/c1-2-3-4-5-6-7-8-9-10-11-14(18)16-13(12-17)15(19)20;/h13,17H,2-12H2,1H3,(H,16,18)(H,19,20);1H2/t13-;/m0./s1. The zero-order valence-electron chi connectivity index (χ0n) is 13.1. The molecule has 0 unspecified atom stereocenters. The van der Waals surface area contributed by atoms with Gasteiger partial charge in [0.25, 0.3) is 0 Å². The summed E-state index contributed by atoms with van der Waals surface area (Å²) in [5.74, 6) is -1.50. The molecule has 0 saturated carbocycles. The van der Waals surface area contributed by atoms with Gasteiger partial charge in [0.15, 0.2) is 0 Å². The van der Waals surface area contributed by atoms with Crippen molar-refractivity contribution >= 4 is 11.9 Å². The van der Waals surface area contributed by atoms with Gasteiger partial charge in [-0.15, -0.1) is 0 Å². The van der Waals surface area contributed by atoms with Crippen LogP contribution in [0.2, 0.25) is 0 Å². The van der Waals surface area contributed by atoms with E-state index in [2.05, 4.69) is 12.2 Å². The Morgan fingerprint density at radius 1 is 0.952 bits per heavy atom. The van der Waals surface area contributed by atoms with E-state index in [-0.39, 0.29) is 11.4 Å². The summed E-state index contributed by atoms with van der Waals surface area (Å²) in [6, 6.07) is -1.18. The summed E-state index contributed by atoms with van der Waals surface area (Å²) in [7, 11) is 0. The van der Waals surface area contributed by atoms with Crippen molar-refractivity contribution in [2.24, 2.45) is 0 Å². The molecule has 6 heteroatoms. The first kappa shape index (κ1) is 22.1. The molecule has 0 radical (unpaired) electrons. The van der Waals surface area contributed by atoms with E-state index in [1.165, 1.54) is 38.5 Å². The maximum absolute atomic E-state index is 11.4. The number of unbranched alkanes of at least 4 members (excludes halogenated alkanes) is 8. The van der Waals surface area contributed by atoms with Crippen molar-refractivity contribution in [3.63, 3.8) is 0 Å². The first-order valence-corrected chi connectivity index (χ1v) is 7.74. The smallest absolute Gasteiger partial charge is 0.328 e. The zero-order chi connectivity index (χ0) is 15.2. The normalized spacial score (nSPS) is 11.5. The van der Waals surface area contributed by atoms with Gasteiger partial charge in [-0.05, 0) is 6.42 Å². The molecule has 5 N–H and O–H groups in total. The van der Waals surface area contributed by atoms with Gasteiger partial charge in [-0.25, -0.2) is 4.79 Å². The van der Waals surface area contributed by atoms with E-state index in [9.17, 15) is 9.59 Å². The minimum atomic E-state index is -1.20. The predicted molar refractivity (Wildman–Crippen MR) is 82.1 cm³/mol. The van der Waals surface area contributed by atoms with Crippen molar-refractivity contribution in [3.8, 4) is 0 Å². The van der Waals surface area contributed by atoms with Gasteiger partial charge < -0.3 is 21.0 Å². The summed E-state index contributed by atoms with van der Waals surface area (Å²) in [6.45, 7) is 1.63. The van der Waals surface area contributed by atoms with Gasteiger partial charge in [-0.3, -0.25) is 4.79 Å². The summed E-state index contributed by atoms with van der Waals surface area (Å²) in [5.41, 5.74) is 0. The third-order valence-corrected chi connectivity index (χ3v) is 3.32. The molecule has 0 saturated heterocycles. The first-order chi connectivity index (χ1) is 9.61. The Labute approximate surface area is 127 Å². The fourth-order valence-corrected chi connectivity index (χ4v) is 2.05. The highest BCUT2D eigenvalue weighted by atomic mass is 16.4. The summed E-state index contributed by atoms with van der Waals surface area (Å²) < 4.78 is 0. The van der Waals surface area contributed by atoms with Gasteiger partial charge >= 0.3 is 5.97 Å². The molecular weight excluding hydrogens is 274 g/mol. The number of carbonyl (C=O) groups excluding carboxylic acids is 1. The zero-order valence-corrected chi connectivity index (χ0v) is 13.1. The lowest BCUT2D eigenvalue weighted by Crippen LogP contribution is -2.43. The number of hydrogen-bond donors (Lipinski definition) is 3. The maximum atomic E-state index is 11.4. The summed E-state index contributed by atoms with van der Waals surface area (Å²) in [5, 5.41) is 19.8. The van der Waals surface area contributed by atoms with Crippen LogP contribution < -0.4 is 5.32 Å². The van der Waals surface area contributed by atoms with Crippen LogP contribution in [0, 0.1) is 0 Å². The maximum Gasteiger partial charge on any atom is 0.328 e. The number of amides is 1. The highest BCUT2D eigenvalue weighted by Gasteiger charge is 2.17. The molecule has 0 spiro atoms. The van der Waals surface area contributed by atoms with Crippen molar-refractivity contribution in [2.75, 3.05) is 6.61 Å². The SMILES string of the molecule is CCCCCCCCCCCC(=O)N[C@@H](CO)C(=O)O.O. The van der Waals surface area contributed by atoms with Crippen LogP contribution in [-0.2, 0) is 9.59 Å². The molecule has 6 nitrogen and oxygen atoms in total. The number of carboxylic acids is 1. The minimum absolute atomic E-state index is 0. The summed E-state index contributed by atoms with van der Waals surface area (Å²) in [4.78, 5) is 22.1. The Kier molecular flexibility index (Phi) is 16.1. The average molecular weight is 305 g/mol. The van der Waals surface area contributed by atoms with E-state index in [1.807, 2.05) is 0 Å². The van der Waals surface area contributed by atoms with Crippen molar-refractivity contribution < 1.29 is 25.3 Å². The van der Waals surface area contributed by atoms with E-state index in [0.29, 0.717) is 6.42 Å². The topological polar surface area (TPSA) is 118 Å². The van der Waals surface area contributed by atoms with Crippen molar-refractivity contribution in [2.45, 2.75) is 77.2 Å². The lowest BCUT2D eigenvalue weighted by Gasteiger charge is -2.11. The number of nitrogens with one attached hydrogen (secondary N) is 1. The van der Waals surface area contributed by atoms with Crippen LogP contribution in [-0.4, -0.2) is 40.2 Å². The van der Waals surface area contributed by atoms with Gasteiger partial charge in [-0.1, -0.05) is 58.3 Å². The Morgan fingerprint density at radius 2 is 1.43 bits per heavy atom. The molecular formula is C15H31NO5. The highest BCUT2D eigenvalue weighted by Crippen LogP contribution is 2.10. The molecule has 0 fully saturated rings. The van der Waals surface area contributed by atoms with Gasteiger partial charge in [-0.2, -0.15) is 0 Å². The second-order valence-electron chi connectivity index (χ2n) is 5.22. The van der Waals surface area contributed by atoms with E-state index in [1.54, 1.807) is 0 Å². The molecule has 0 aliphatic heterocycles. The number of aliphatic carboxylic acids is 1. The second kappa shape index (κ2) is 15.3. The van der Waals surface area contributed by atoms with Gasteiger partial charge in [0.05, 0.1) is 6.61 Å². The van der Waals surface area contributed by atoms with Crippen LogP contribution in [0.15, 0.2) is 0 Å². The third kappa shape index (κ3) is 13.6. The second-order valence-corrected chi connectivity index (χ2v) is 5.22. The van der Waals surface area contributed by atoms with Crippen LogP contribution in [0.4, 0.5) is 0 Å². The summed E-state index contributed by atoms with van der Waals surface area (Å²) in [6.07, 6.45) is 10.9. The molecule has 0 aliphatic carbocycles. The molecule has 0 heterocycles. The predicted octanol–water partition coefficient (Wildman–Crippen LogP) is 1.64. The minimum Gasteiger partial charge on any atom is -0.480 e. The number of aliphatic hydroxyl groups excluding tert-OH is 1. The molecule has 0 bridgehead atoms. The van der Waals surface area contributed by atoms with Crippen molar-refractivity contribution in [3.05, 3.63) is 0 Å². The van der Waals surface area contributed by atoms with Crippen molar-refractivity contribution in [1.29, 1.82) is 0 Å². The van der Waals surface area contributed by atoms with Gasteiger partial charge in [0, 0.05) is 6.42 Å². The van der Waals surface area contributed by atoms with E-state index >= 15 is 0 Å². The lowest BCUT2D eigenvalue weighted by atomic mass is 10.1. The molecule has 1 amide bonds. The Balaban J connectivity index is 0. The molecule has 0 aromatic rings. The number of hydrogen-bond acceptors (Lipinski definition) is 3. The quantitative estimate of drug-likeness (QED) is 0.448. The lowest BCUT2D eigenvalue weighted by molar-refractivity contribution is -0.142. The Morgan fingerprint density at radius 3 is 1.86 bits per heavy atom. The number of carboxylic acid groups (broad SMARTS) is 1. The van der Waals surface area contributed by atoms with Crippen LogP contribution in [0.5, 0.6) is 0 Å². The average Bonchev–Trinajstić information content (AvgIpc) is 2.42. The van der Waals surface area contributed by atoms with Crippen LogP contribution in [0.3, 0.4) is 0 Å². The van der Waals surface area contributed by atoms with Crippen molar-refractivity contribution in [1.82, 2.24) is 5.32 Å². The molecule has 0 aromatic carbocycles. The third-order valence-electron chi connectivity index (χ3n) is 3.32. The van der Waals surface area contributed by atoms with Crippen LogP contribution in [0.1, 0.15) is 71.1 Å². The van der Waals surface area contributed by atoms with Crippen LogP contribution in [0.25, 0.3) is 0 Å². The molecule has 0 aromatic heterocycles. The molecule has 126 valence electrons. The van der Waals surface area contributed by atoms with E-state index in [4.69, 9.17) is 10.2 Å². The Hall–Kier alpha value is -1.14.